The molecule has 2 aromatic rings. The normalized spacial score (nSPS) is 13.9. The zero-order chi connectivity index (χ0) is 19.9. The number of carbonyl (C=O) groups excluding carboxylic acids is 2. The van der Waals surface area contributed by atoms with Crippen LogP contribution in [0.3, 0.4) is 0 Å². The SMILES string of the molecule is COc1ccccc1CCNC(=O)c1ccc(N2CCN(C(C)=O)CC2)cn1. The van der Waals surface area contributed by atoms with Gasteiger partial charge in [-0.2, -0.15) is 0 Å². The molecular formula is C21H26N4O3. The monoisotopic (exact) mass is 382 g/mol. The van der Waals surface area contributed by atoms with Crippen molar-refractivity contribution >= 4 is 17.5 Å². The van der Waals surface area contributed by atoms with E-state index in [1.165, 1.54) is 0 Å². The first kappa shape index (κ1) is 19.7. The van der Waals surface area contributed by atoms with Gasteiger partial charge in [-0.15, -0.1) is 0 Å². The largest absolute Gasteiger partial charge is 0.496 e. The van der Waals surface area contributed by atoms with Crippen molar-refractivity contribution in [3.05, 3.63) is 53.9 Å². The van der Waals surface area contributed by atoms with Gasteiger partial charge in [0.15, 0.2) is 0 Å². The van der Waals surface area contributed by atoms with E-state index in [0.29, 0.717) is 31.7 Å². The predicted molar refractivity (Wildman–Crippen MR) is 108 cm³/mol. The fourth-order valence-electron chi connectivity index (χ4n) is 3.30. The molecule has 0 unspecified atom stereocenters. The number of hydrogen-bond donors (Lipinski definition) is 1. The Balaban J connectivity index is 1.50. The number of nitrogens with zero attached hydrogens (tertiary/aromatic N) is 3. The second-order valence-corrected chi connectivity index (χ2v) is 6.71. The number of amides is 2. The predicted octanol–water partition coefficient (Wildman–Crippen LogP) is 1.73. The zero-order valence-electron chi connectivity index (χ0n) is 16.4. The Morgan fingerprint density at radius 3 is 2.50 bits per heavy atom. The van der Waals surface area contributed by atoms with Gasteiger partial charge in [0.05, 0.1) is 19.0 Å². The first-order valence-electron chi connectivity index (χ1n) is 9.45. The highest BCUT2D eigenvalue weighted by Crippen LogP contribution is 2.18. The van der Waals surface area contributed by atoms with Gasteiger partial charge < -0.3 is 19.9 Å². The Bertz CT molecular complexity index is 815. The van der Waals surface area contributed by atoms with Crippen molar-refractivity contribution in [2.24, 2.45) is 0 Å². The van der Waals surface area contributed by atoms with Crippen LogP contribution in [0.5, 0.6) is 5.75 Å². The summed E-state index contributed by atoms with van der Waals surface area (Å²) in [5.74, 6) is 0.741. The number of piperazine rings is 1. The molecule has 1 aromatic carbocycles. The molecule has 0 aliphatic carbocycles. The quantitative estimate of drug-likeness (QED) is 0.824. The van der Waals surface area contributed by atoms with Gasteiger partial charge in [-0.1, -0.05) is 18.2 Å². The number of pyridine rings is 1. The van der Waals surface area contributed by atoms with E-state index >= 15 is 0 Å². The molecule has 1 aromatic heterocycles. The van der Waals surface area contributed by atoms with Crippen LogP contribution in [0.2, 0.25) is 0 Å². The van der Waals surface area contributed by atoms with E-state index < -0.39 is 0 Å². The molecule has 2 amide bonds. The van der Waals surface area contributed by atoms with E-state index in [2.05, 4.69) is 15.2 Å². The molecule has 1 N–H and O–H groups in total. The number of anilines is 1. The highest BCUT2D eigenvalue weighted by atomic mass is 16.5. The van der Waals surface area contributed by atoms with Crippen LogP contribution in [0.25, 0.3) is 0 Å². The standard InChI is InChI=1S/C21H26N4O3/c1-16(26)24-11-13-25(14-12-24)18-7-8-19(23-15-18)21(27)22-10-9-17-5-3-4-6-20(17)28-2/h3-8,15H,9-14H2,1-2H3,(H,22,27). The molecule has 28 heavy (non-hydrogen) atoms. The Kier molecular flexibility index (Phi) is 6.47. The lowest BCUT2D eigenvalue weighted by Gasteiger charge is -2.35. The number of rotatable bonds is 6. The van der Waals surface area contributed by atoms with E-state index in [1.807, 2.05) is 35.2 Å². The molecule has 0 atom stereocenters. The second kappa shape index (κ2) is 9.21. The number of carbonyl (C=O) groups is 2. The van der Waals surface area contributed by atoms with Gasteiger partial charge in [0, 0.05) is 39.6 Å². The van der Waals surface area contributed by atoms with Gasteiger partial charge in [0.1, 0.15) is 11.4 Å². The summed E-state index contributed by atoms with van der Waals surface area (Å²) in [5.41, 5.74) is 2.42. The zero-order valence-corrected chi connectivity index (χ0v) is 16.4. The molecule has 1 saturated heterocycles. The average molecular weight is 382 g/mol. The van der Waals surface area contributed by atoms with Crippen LogP contribution in [-0.4, -0.2) is 61.5 Å². The van der Waals surface area contributed by atoms with Gasteiger partial charge >= 0.3 is 0 Å². The van der Waals surface area contributed by atoms with Crippen LogP contribution in [0.1, 0.15) is 23.0 Å². The molecule has 0 radical (unpaired) electrons. The third-order valence-corrected chi connectivity index (χ3v) is 4.94. The lowest BCUT2D eigenvalue weighted by Crippen LogP contribution is -2.48. The summed E-state index contributed by atoms with van der Waals surface area (Å²) in [5, 5.41) is 2.90. The third kappa shape index (κ3) is 4.79. The van der Waals surface area contributed by atoms with E-state index in [0.717, 1.165) is 30.1 Å². The van der Waals surface area contributed by atoms with Crippen LogP contribution in [0.4, 0.5) is 5.69 Å². The maximum absolute atomic E-state index is 12.3. The molecule has 1 aliphatic rings. The molecular weight excluding hydrogens is 356 g/mol. The Morgan fingerprint density at radius 1 is 1.11 bits per heavy atom. The fourth-order valence-corrected chi connectivity index (χ4v) is 3.30. The van der Waals surface area contributed by atoms with Crippen LogP contribution < -0.4 is 15.0 Å². The minimum atomic E-state index is -0.192. The maximum Gasteiger partial charge on any atom is 0.269 e. The summed E-state index contributed by atoms with van der Waals surface area (Å²) >= 11 is 0. The molecule has 1 fully saturated rings. The Labute approximate surface area is 165 Å². The Hall–Kier alpha value is -3.09. The first-order valence-corrected chi connectivity index (χ1v) is 9.45. The van der Waals surface area contributed by atoms with Gasteiger partial charge in [0.2, 0.25) is 5.91 Å². The maximum atomic E-state index is 12.3. The van der Waals surface area contributed by atoms with Crippen LogP contribution >= 0.6 is 0 Å². The Morgan fingerprint density at radius 2 is 1.86 bits per heavy atom. The van der Waals surface area contributed by atoms with E-state index in [-0.39, 0.29) is 11.8 Å². The summed E-state index contributed by atoms with van der Waals surface area (Å²) < 4.78 is 5.33. The van der Waals surface area contributed by atoms with Crippen LogP contribution in [-0.2, 0) is 11.2 Å². The topological polar surface area (TPSA) is 74.8 Å². The van der Waals surface area contributed by atoms with Crippen molar-refractivity contribution in [1.82, 2.24) is 15.2 Å². The highest BCUT2D eigenvalue weighted by Gasteiger charge is 2.19. The molecule has 0 saturated carbocycles. The minimum absolute atomic E-state index is 0.109. The molecule has 7 heteroatoms. The molecule has 0 spiro atoms. The van der Waals surface area contributed by atoms with E-state index in [4.69, 9.17) is 4.74 Å². The van der Waals surface area contributed by atoms with Gasteiger partial charge in [-0.25, -0.2) is 4.98 Å². The smallest absolute Gasteiger partial charge is 0.269 e. The number of ether oxygens (including phenoxy) is 1. The van der Waals surface area contributed by atoms with Crippen molar-refractivity contribution < 1.29 is 14.3 Å². The summed E-state index contributed by atoms with van der Waals surface area (Å²) in [6.45, 7) is 5.06. The lowest BCUT2D eigenvalue weighted by atomic mass is 10.1. The van der Waals surface area contributed by atoms with Gasteiger partial charge in [0.25, 0.3) is 5.91 Å². The molecule has 7 nitrogen and oxygen atoms in total. The number of aromatic nitrogens is 1. The molecule has 0 bridgehead atoms. The fraction of sp³-hybridized carbons (Fsp3) is 0.381. The molecule has 1 aliphatic heterocycles. The van der Waals surface area contributed by atoms with Crippen LogP contribution in [0, 0.1) is 0 Å². The van der Waals surface area contributed by atoms with Gasteiger partial charge in [-0.3, -0.25) is 9.59 Å². The first-order chi connectivity index (χ1) is 13.6. The van der Waals surface area contributed by atoms with Crippen LogP contribution in [0.15, 0.2) is 42.6 Å². The summed E-state index contributed by atoms with van der Waals surface area (Å²) in [7, 11) is 1.64. The average Bonchev–Trinajstić information content (AvgIpc) is 2.74. The number of hydrogen-bond acceptors (Lipinski definition) is 5. The van der Waals surface area contributed by atoms with E-state index in [1.54, 1.807) is 26.3 Å². The highest BCUT2D eigenvalue weighted by molar-refractivity contribution is 5.92. The number of nitrogens with one attached hydrogen (secondary N) is 1. The van der Waals surface area contributed by atoms with Gasteiger partial charge in [-0.05, 0) is 30.2 Å². The number of methoxy groups -OCH3 is 1. The number of benzene rings is 1. The summed E-state index contributed by atoms with van der Waals surface area (Å²) in [6.07, 6.45) is 2.41. The molecule has 3 rings (SSSR count). The minimum Gasteiger partial charge on any atom is -0.496 e. The van der Waals surface area contributed by atoms with Crippen molar-refractivity contribution in [1.29, 1.82) is 0 Å². The van der Waals surface area contributed by atoms with Crippen molar-refractivity contribution in [2.45, 2.75) is 13.3 Å². The van der Waals surface area contributed by atoms with Crippen molar-refractivity contribution in [2.75, 3.05) is 44.7 Å². The number of para-hydroxylation sites is 1. The molecule has 148 valence electrons. The third-order valence-electron chi connectivity index (χ3n) is 4.94. The lowest BCUT2D eigenvalue weighted by molar-refractivity contribution is -0.129. The molecule has 2 heterocycles. The van der Waals surface area contributed by atoms with Crippen molar-refractivity contribution in [3.8, 4) is 5.75 Å². The summed E-state index contributed by atoms with van der Waals surface area (Å²) in [4.78, 5) is 32.1. The van der Waals surface area contributed by atoms with E-state index in [9.17, 15) is 9.59 Å². The summed E-state index contributed by atoms with van der Waals surface area (Å²) in [6, 6.07) is 11.4. The second-order valence-electron chi connectivity index (χ2n) is 6.71. The van der Waals surface area contributed by atoms with Crippen molar-refractivity contribution in [3.63, 3.8) is 0 Å².